The molecule has 0 unspecified atom stereocenters. The average Bonchev–Trinajstić information content (AvgIpc) is 3.49. The maximum Gasteiger partial charge on any atom is 0.280 e. The molecule has 2 heterocycles. The molecule has 0 amide bonds. The van der Waals surface area contributed by atoms with Crippen LogP contribution in [-0.2, 0) is 4.43 Å². The zero-order valence-electron chi connectivity index (χ0n) is 22.1. The lowest BCUT2D eigenvalue weighted by Gasteiger charge is -2.38. The highest BCUT2D eigenvalue weighted by Crippen LogP contribution is 2.47. The van der Waals surface area contributed by atoms with E-state index >= 15 is 0 Å². The first-order valence-electron chi connectivity index (χ1n) is 12.3. The summed E-state index contributed by atoms with van der Waals surface area (Å²) in [4.78, 5) is 19.0. The van der Waals surface area contributed by atoms with Gasteiger partial charge in [0.1, 0.15) is 6.10 Å². The van der Waals surface area contributed by atoms with Gasteiger partial charge >= 0.3 is 0 Å². The van der Waals surface area contributed by atoms with E-state index in [1.165, 1.54) is 5.56 Å². The van der Waals surface area contributed by atoms with Gasteiger partial charge in [0.25, 0.3) is 5.56 Å². The van der Waals surface area contributed by atoms with E-state index in [4.69, 9.17) is 9.41 Å². The summed E-state index contributed by atoms with van der Waals surface area (Å²) < 4.78 is 8.64. The Kier molecular flexibility index (Phi) is 6.19. The van der Waals surface area contributed by atoms with Crippen LogP contribution >= 0.6 is 0 Å². The number of para-hydroxylation sites is 1. The van der Waals surface area contributed by atoms with Gasteiger partial charge in [-0.25, -0.2) is 9.66 Å². The van der Waals surface area contributed by atoms with Gasteiger partial charge in [0.05, 0.1) is 30.7 Å². The molecule has 4 rings (SSSR count). The van der Waals surface area contributed by atoms with E-state index in [1.54, 1.807) is 0 Å². The fraction of sp³-hybridized carbons (Fsp3) is 0.481. The minimum atomic E-state index is -2.07. The SMILES string of the molecule is C[C@H](O[Si](C)(C)C(C)(C)C)c1nc2ccccc2c(=O)n1N1[C@@H](c2ccccc2)[C@@H]1[Si](C)(C)C. The van der Waals surface area contributed by atoms with Crippen molar-refractivity contribution >= 4 is 27.3 Å². The second-order valence-electron chi connectivity index (χ2n) is 12.2. The number of rotatable bonds is 6. The quantitative estimate of drug-likeness (QED) is 0.294. The van der Waals surface area contributed by atoms with Crippen LogP contribution in [0.4, 0.5) is 0 Å². The van der Waals surface area contributed by atoms with E-state index in [0.717, 1.165) is 5.52 Å². The zero-order chi connectivity index (χ0) is 25.1. The summed E-state index contributed by atoms with van der Waals surface area (Å²) in [6.45, 7) is 20.4. The molecule has 0 radical (unpaired) electrons. The molecule has 7 heteroatoms. The Morgan fingerprint density at radius 2 is 1.53 bits per heavy atom. The minimum absolute atomic E-state index is 0.00652. The molecule has 3 atom stereocenters. The van der Waals surface area contributed by atoms with Gasteiger partial charge in [-0.1, -0.05) is 82.9 Å². The summed E-state index contributed by atoms with van der Waals surface area (Å²) in [5, 5.41) is 3.00. The molecular weight excluding hydrogens is 454 g/mol. The molecule has 1 saturated heterocycles. The van der Waals surface area contributed by atoms with Crippen molar-refractivity contribution in [1.29, 1.82) is 0 Å². The van der Waals surface area contributed by atoms with Crippen LogP contribution in [0, 0.1) is 0 Å². The Labute approximate surface area is 205 Å². The van der Waals surface area contributed by atoms with E-state index in [9.17, 15) is 4.79 Å². The van der Waals surface area contributed by atoms with Crippen LogP contribution in [0.3, 0.4) is 0 Å². The van der Waals surface area contributed by atoms with Gasteiger partial charge in [-0.3, -0.25) is 9.80 Å². The highest BCUT2D eigenvalue weighted by atomic mass is 28.4. The molecule has 34 heavy (non-hydrogen) atoms. The summed E-state index contributed by atoms with van der Waals surface area (Å²) in [5.74, 6) is 0.704. The van der Waals surface area contributed by atoms with Gasteiger partial charge in [0, 0.05) is 0 Å². The number of hydrogen-bond acceptors (Lipinski definition) is 4. The van der Waals surface area contributed by atoms with Crippen LogP contribution < -0.4 is 10.6 Å². The highest BCUT2D eigenvalue weighted by Gasteiger charge is 2.57. The number of fused-ring (bicyclic) bond motifs is 1. The summed E-state index contributed by atoms with van der Waals surface area (Å²) in [7, 11) is -3.71. The van der Waals surface area contributed by atoms with Crippen LogP contribution in [0.25, 0.3) is 10.9 Å². The predicted octanol–water partition coefficient (Wildman–Crippen LogP) is 6.42. The molecule has 1 aliphatic heterocycles. The van der Waals surface area contributed by atoms with Crippen molar-refractivity contribution in [2.24, 2.45) is 0 Å². The number of nitrogens with zero attached hydrogens (tertiary/aromatic N) is 3. The van der Waals surface area contributed by atoms with Crippen molar-refractivity contribution in [2.75, 3.05) is 5.01 Å². The molecule has 5 nitrogen and oxygen atoms in total. The van der Waals surface area contributed by atoms with E-state index < -0.39 is 16.4 Å². The lowest BCUT2D eigenvalue weighted by Crippen LogP contribution is -2.44. The number of hydrogen-bond donors (Lipinski definition) is 0. The summed E-state index contributed by atoms with van der Waals surface area (Å²) >= 11 is 0. The Bertz CT molecular complexity index is 1240. The summed E-state index contributed by atoms with van der Waals surface area (Å²) in [6, 6.07) is 18.4. The normalized spacial score (nSPS) is 20.0. The van der Waals surface area contributed by atoms with E-state index in [0.29, 0.717) is 16.9 Å². The molecule has 0 bridgehead atoms. The van der Waals surface area contributed by atoms with Crippen LogP contribution in [0.15, 0.2) is 59.4 Å². The molecular formula is C27H39N3O2Si2. The number of aromatic nitrogens is 2. The lowest BCUT2D eigenvalue weighted by molar-refractivity contribution is 0.188. The fourth-order valence-electron chi connectivity index (χ4n) is 4.62. The van der Waals surface area contributed by atoms with Crippen LogP contribution in [-0.4, -0.2) is 31.7 Å². The van der Waals surface area contributed by atoms with E-state index in [2.05, 4.69) is 89.7 Å². The van der Waals surface area contributed by atoms with Gasteiger partial charge in [-0.2, -0.15) is 0 Å². The monoisotopic (exact) mass is 493 g/mol. The van der Waals surface area contributed by atoms with Crippen molar-refractivity contribution < 1.29 is 4.43 Å². The van der Waals surface area contributed by atoms with Gasteiger partial charge < -0.3 is 4.43 Å². The van der Waals surface area contributed by atoms with Gasteiger partial charge in [0.15, 0.2) is 14.1 Å². The van der Waals surface area contributed by atoms with Crippen molar-refractivity contribution in [3.63, 3.8) is 0 Å². The summed E-state index contributed by atoms with van der Waals surface area (Å²) in [5.41, 5.74) is 2.29. The highest BCUT2D eigenvalue weighted by molar-refractivity contribution is 6.79. The van der Waals surface area contributed by atoms with E-state index in [1.807, 2.05) is 35.0 Å². The van der Waals surface area contributed by atoms with Crippen LogP contribution in [0.2, 0.25) is 37.8 Å². The zero-order valence-corrected chi connectivity index (χ0v) is 24.1. The molecule has 3 aromatic rings. The largest absolute Gasteiger partial charge is 0.407 e. The smallest absolute Gasteiger partial charge is 0.280 e. The third kappa shape index (κ3) is 4.41. The van der Waals surface area contributed by atoms with Crippen molar-refractivity contribution in [1.82, 2.24) is 9.66 Å². The van der Waals surface area contributed by atoms with Gasteiger partial charge in [-0.15, -0.1) is 0 Å². The molecule has 0 saturated carbocycles. The lowest BCUT2D eigenvalue weighted by atomic mass is 10.2. The summed E-state index contributed by atoms with van der Waals surface area (Å²) in [6.07, 6.45) is -0.294. The average molecular weight is 494 g/mol. The molecule has 1 fully saturated rings. The molecule has 0 spiro atoms. The van der Waals surface area contributed by atoms with E-state index in [-0.39, 0.29) is 22.7 Å². The molecule has 2 aromatic carbocycles. The second kappa shape index (κ2) is 8.46. The molecule has 0 N–H and O–H groups in total. The topological polar surface area (TPSA) is 47.1 Å². The Morgan fingerprint density at radius 1 is 0.941 bits per heavy atom. The van der Waals surface area contributed by atoms with Crippen LogP contribution in [0.5, 0.6) is 0 Å². The third-order valence-electron chi connectivity index (χ3n) is 7.46. The first-order chi connectivity index (χ1) is 15.7. The first kappa shape index (κ1) is 24.9. The Hall–Kier alpha value is -2.23. The molecule has 1 aromatic heterocycles. The Balaban J connectivity index is 1.89. The van der Waals surface area contributed by atoms with Crippen molar-refractivity contribution in [3.05, 3.63) is 76.3 Å². The molecule has 182 valence electrons. The van der Waals surface area contributed by atoms with Gasteiger partial charge in [-0.05, 0) is 42.8 Å². The molecule has 1 aliphatic rings. The second-order valence-corrected chi connectivity index (χ2v) is 22.3. The maximum atomic E-state index is 14.0. The number of benzene rings is 2. The first-order valence-corrected chi connectivity index (χ1v) is 18.8. The standard InChI is InChI=1S/C27H39N3O2Si2/c1-19(32-34(8,9)27(2,3)4)24-28-22-18-14-13-17-21(22)25(31)30(24)29-23(26(29)33(5,6)7)20-15-11-10-12-16-20/h10-19,23,26H,1-9H3/t19-,23-,26-,29?/m0/s1. The fourth-order valence-corrected chi connectivity index (χ4v) is 8.24. The predicted molar refractivity (Wildman–Crippen MR) is 147 cm³/mol. The van der Waals surface area contributed by atoms with Crippen molar-refractivity contribution in [2.45, 2.75) is 83.3 Å². The Morgan fingerprint density at radius 3 is 2.12 bits per heavy atom. The molecule has 0 aliphatic carbocycles. The van der Waals surface area contributed by atoms with Crippen molar-refractivity contribution in [3.8, 4) is 0 Å². The van der Waals surface area contributed by atoms with Gasteiger partial charge in [0.2, 0.25) is 0 Å². The third-order valence-corrected chi connectivity index (χ3v) is 14.4. The minimum Gasteiger partial charge on any atom is -0.407 e. The van der Waals surface area contributed by atoms with Crippen LogP contribution in [0.1, 0.15) is 51.2 Å². The maximum absolute atomic E-state index is 14.0.